The van der Waals surface area contributed by atoms with Gasteiger partial charge in [0.2, 0.25) is 0 Å². The van der Waals surface area contributed by atoms with E-state index in [1.807, 2.05) is 0 Å². The van der Waals surface area contributed by atoms with E-state index in [2.05, 4.69) is 472 Å². The second-order valence-electron chi connectivity index (χ2n) is 43.4. The van der Waals surface area contributed by atoms with Crippen LogP contribution < -0.4 is 26.2 Å². The van der Waals surface area contributed by atoms with Gasteiger partial charge in [-0.1, -0.05) is 340 Å². The Bertz CT molecular complexity index is 8260. The summed E-state index contributed by atoms with van der Waals surface area (Å²) in [6.07, 6.45) is 0.485. The summed E-state index contributed by atoms with van der Waals surface area (Å²) >= 11 is 0. The Hall–Kier alpha value is -14.4. The maximum Gasteiger partial charge on any atom is 0.252 e. The third-order valence-corrected chi connectivity index (χ3v) is 29.4. The number of rotatable bonds is 16. The van der Waals surface area contributed by atoms with Crippen molar-refractivity contribution in [2.75, 3.05) is 9.80 Å². The molecule has 0 saturated carbocycles. The quantitative estimate of drug-likeness (QED) is 0.0901. The highest BCUT2D eigenvalue weighted by Gasteiger charge is 2.44. The predicted molar refractivity (Wildman–Crippen MR) is 578 cm³/mol. The molecule has 2 aliphatic heterocycles. The van der Waals surface area contributed by atoms with Crippen LogP contribution in [0.2, 0.25) is 0 Å². The van der Waals surface area contributed by atoms with E-state index >= 15 is 0 Å². The number of anilines is 4. The first-order valence-corrected chi connectivity index (χ1v) is 48.4. The van der Waals surface area contributed by atoms with Crippen LogP contribution in [0.1, 0.15) is 165 Å². The Balaban J connectivity index is 0.803. The first-order chi connectivity index (χ1) is 66.7. The highest BCUT2D eigenvalue weighted by molar-refractivity contribution is 7.00. The molecule has 0 bridgehead atoms. The summed E-state index contributed by atoms with van der Waals surface area (Å²) in [4.78, 5) is 5.42. The minimum absolute atomic E-state index is 0.0530. The van der Waals surface area contributed by atoms with E-state index in [4.69, 9.17) is 0 Å². The van der Waals surface area contributed by atoms with Gasteiger partial charge >= 0.3 is 0 Å². The average Bonchev–Trinajstić information content (AvgIpc) is 1.50. The molecule has 0 fully saturated rings. The van der Waals surface area contributed by atoms with E-state index in [-0.39, 0.29) is 58.0 Å². The predicted octanol–water partition coefficient (Wildman–Crippen LogP) is 31.4. The molecule has 0 amide bonds. The second-order valence-corrected chi connectivity index (χ2v) is 43.4. The van der Waals surface area contributed by atoms with Crippen molar-refractivity contribution in [1.29, 1.82) is 0 Å². The highest BCUT2D eigenvalue weighted by Crippen LogP contribution is 2.49. The molecule has 135 heavy (non-hydrogen) atoms. The van der Waals surface area contributed by atoms with Gasteiger partial charge in [0.25, 0.3) is 6.71 Å². The molecular weight excluding hydrogens is 1630 g/mol. The summed E-state index contributed by atoms with van der Waals surface area (Å²) in [6.45, 7) is 37.2. The molecule has 0 spiro atoms. The molecule has 4 aromatic heterocycles. The molecule has 21 aromatic rings. The van der Waals surface area contributed by atoms with Crippen molar-refractivity contribution < 1.29 is 5.48 Å². The molecule has 6 nitrogen and oxygen atoms in total. The number of fused-ring (bicyclic) bond motifs is 16. The van der Waals surface area contributed by atoms with Gasteiger partial charge in [-0.2, -0.15) is 0 Å². The number of aryl methyl sites for hydroxylation is 2. The molecule has 7 heteroatoms. The van der Waals surface area contributed by atoms with Gasteiger partial charge in [0, 0.05) is 137 Å². The van der Waals surface area contributed by atoms with Gasteiger partial charge in [-0.05, 0) is 277 Å². The zero-order chi connectivity index (χ0) is 95.9. The maximum absolute atomic E-state index is 10.2. The number of para-hydroxylation sites is 3. The lowest BCUT2D eigenvalue weighted by Gasteiger charge is -2.45. The molecule has 0 radical (unpaired) electrons. The summed E-state index contributed by atoms with van der Waals surface area (Å²) in [5.41, 5.74) is 38.4. The molecule has 0 atom stereocenters. The normalized spacial score (nSPS) is 13.5. The fraction of sp³-hybridized carbons (Fsp3) is 0.203. The van der Waals surface area contributed by atoms with E-state index in [0.29, 0.717) is 50.0 Å². The molecule has 0 unspecified atom stereocenters. The van der Waals surface area contributed by atoms with Crippen molar-refractivity contribution in [3.8, 4) is 50.2 Å². The zero-order valence-corrected chi connectivity index (χ0v) is 80.3. The van der Waals surface area contributed by atoms with Crippen LogP contribution >= 0.6 is 0 Å². The lowest BCUT2D eigenvalue weighted by atomic mass is 9.33. The van der Waals surface area contributed by atoms with Gasteiger partial charge in [0.1, 0.15) is 0 Å². The Labute approximate surface area is 801 Å². The van der Waals surface area contributed by atoms with Gasteiger partial charge in [0.15, 0.2) is 0 Å². The van der Waals surface area contributed by atoms with Gasteiger partial charge in [-0.15, -0.1) is 0 Å². The molecule has 0 saturated heterocycles. The van der Waals surface area contributed by atoms with Gasteiger partial charge < -0.3 is 28.1 Å². The molecular formula is C128H117BN6. The van der Waals surface area contributed by atoms with Crippen LogP contribution in [-0.4, -0.2) is 25.0 Å². The van der Waals surface area contributed by atoms with Crippen LogP contribution in [0.3, 0.4) is 0 Å². The number of hydrogen-bond acceptors (Lipinski definition) is 2. The molecule has 23 rings (SSSR count). The van der Waals surface area contributed by atoms with Crippen LogP contribution in [0.15, 0.2) is 364 Å². The minimum atomic E-state index is -0.280. The highest BCUT2D eigenvalue weighted by atomic mass is 15.2. The molecule has 0 N–H and O–H groups in total. The topological polar surface area (TPSA) is 26.2 Å². The van der Waals surface area contributed by atoms with Crippen molar-refractivity contribution in [1.82, 2.24) is 18.3 Å². The van der Waals surface area contributed by atoms with E-state index in [1.165, 1.54) is 116 Å². The van der Waals surface area contributed by atoms with E-state index in [1.54, 1.807) is 0 Å². The summed E-state index contributed by atoms with van der Waals surface area (Å²) in [7, 11) is 0. The molecule has 2 aliphatic rings. The number of hydrogen-bond donors (Lipinski definition) is 0. The minimum Gasteiger partial charge on any atom is -0.340 e. The van der Waals surface area contributed by atoms with Crippen LogP contribution in [-0.2, 0) is 66.2 Å². The smallest absolute Gasteiger partial charge is 0.252 e. The van der Waals surface area contributed by atoms with Crippen molar-refractivity contribution in [2.24, 2.45) is 0 Å². The molecule has 0 aliphatic carbocycles. The fourth-order valence-electron chi connectivity index (χ4n) is 22.1. The monoisotopic (exact) mass is 1750 g/mol. The van der Waals surface area contributed by atoms with Crippen molar-refractivity contribution in [3.63, 3.8) is 0 Å². The first kappa shape index (κ1) is 80.3. The Morgan fingerprint density at radius 2 is 0.630 bits per heavy atom. The molecule has 6 heterocycles. The largest absolute Gasteiger partial charge is 0.340 e. The Kier molecular flexibility index (Phi) is 19.1. The Morgan fingerprint density at radius 3 is 1.07 bits per heavy atom. The molecule has 17 aromatic carbocycles. The summed E-state index contributed by atoms with van der Waals surface area (Å²) < 4.78 is 48.9. The maximum atomic E-state index is 10.2. The summed E-state index contributed by atoms with van der Waals surface area (Å²) in [5.74, 6) is 0. The first-order valence-electron chi connectivity index (χ1n) is 50.4. The Morgan fingerprint density at radius 1 is 0.252 bits per heavy atom. The molecule has 662 valence electrons. The third kappa shape index (κ3) is 15.0. The van der Waals surface area contributed by atoms with Gasteiger partial charge in [-0.25, -0.2) is 0 Å². The van der Waals surface area contributed by atoms with Crippen LogP contribution in [0.4, 0.5) is 22.7 Å². The van der Waals surface area contributed by atoms with Crippen molar-refractivity contribution in [3.05, 3.63) is 420 Å². The SMILES string of the molecule is [2H]c1c([2H])c([2H])c2c(c1[2H])c1cc(-n3c4ccccc4c4ccccc43)ccc1n2CCc1cc2c3c(c1)N(Cc1c(-c4ccccc4)cc(C(C)(C)C)cc1-c1ccccc1)c1cc(Cn4c5ccc(C(C)(C)C)cc5c5cc(C(C)(C)C)ccc54)ccc1B3c1ccc(Cn3c4ccc(C(C)(C)C)cc4c4cc(C(C)(C)C)ccc43)cc1N2Cc1cc(-c2ccccc2)cc(-c2ccccc2)c1. The number of aromatic nitrogens is 4. The van der Waals surface area contributed by atoms with E-state index in [0.717, 1.165) is 106 Å². The van der Waals surface area contributed by atoms with E-state index in [9.17, 15) is 5.48 Å². The van der Waals surface area contributed by atoms with Crippen molar-refractivity contribution >= 4 is 133 Å². The lowest BCUT2D eigenvalue weighted by molar-refractivity contribution is 0.590. The van der Waals surface area contributed by atoms with Crippen LogP contribution in [0.25, 0.3) is 137 Å². The standard InChI is InChI=1S/C128H117BN6/c1-124(2,3)92-50-57-113-103(71-92)104-72-93(125(4,5)6)51-58-114(104)131(113)78-83-48-55-109-119(68-83)133(80-85-64-90(86-34-20-16-21-35-86)70-91(65-85)87-36-22-17-23-37-87)121-66-82(62-63-130-111-45-31-28-44-100(111)107-77-97(54-61-112(107)130)135-117-46-32-29-42-98(117)99-43-30-33-47-118(99)135)67-122-123(121)129(109)110-56-49-84(79-132-115-59-52-94(126(7,8)9)73-105(115)106-74-95(127(10,11)12)53-60-116(106)132)69-120(110)134(122)81-108-101(88-38-24-18-25-39-88)75-96(128(13,14)15)76-102(108)89-40-26-19-27-41-89/h16-61,64-77H,62-63,78-81H2,1-15H3/i28D,31D,44D,45D. The average molecular weight is 1750 g/mol. The van der Waals surface area contributed by atoms with Crippen LogP contribution in [0, 0.1) is 0 Å². The number of benzene rings is 17. The summed E-state index contributed by atoms with van der Waals surface area (Å²) in [5, 5.41) is 8.62. The van der Waals surface area contributed by atoms with Gasteiger partial charge in [-0.3, -0.25) is 0 Å². The van der Waals surface area contributed by atoms with Gasteiger partial charge in [0.05, 0.1) is 16.5 Å². The zero-order valence-electron chi connectivity index (χ0n) is 84.3. The lowest BCUT2D eigenvalue weighted by Crippen LogP contribution is -2.62. The summed E-state index contributed by atoms with van der Waals surface area (Å²) in [6, 6.07) is 128. The third-order valence-electron chi connectivity index (χ3n) is 29.4. The number of nitrogens with zero attached hydrogens (tertiary/aromatic N) is 6. The fourth-order valence-corrected chi connectivity index (χ4v) is 22.1. The second kappa shape index (κ2) is 32.2. The van der Waals surface area contributed by atoms with Crippen LogP contribution in [0.5, 0.6) is 0 Å². The van der Waals surface area contributed by atoms with Crippen molar-refractivity contribution in [2.45, 2.75) is 170 Å². The van der Waals surface area contributed by atoms with E-state index < -0.39 is 0 Å².